The van der Waals surface area contributed by atoms with Gasteiger partial charge in [-0.1, -0.05) is 24.8 Å². The van der Waals surface area contributed by atoms with Crippen molar-refractivity contribution in [2.45, 2.75) is 75.9 Å². The van der Waals surface area contributed by atoms with Gasteiger partial charge in [-0.05, 0) is 44.8 Å². The normalized spacial score (nSPS) is 21.3. The maximum atomic E-state index is 11.1. The van der Waals surface area contributed by atoms with E-state index < -0.39 is 0 Å². The minimum Gasteiger partial charge on any atom is -0.448 e. The highest BCUT2D eigenvalue weighted by Gasteiger charge is 2.23. The molecule has 9 heteroatoms. The van der Waals surface area contributed by atoms with Gasteiger partial charge in [0.25, 0.3) is 5.56 Å². The third kappa shape index (κ3) is 7.86. The Morgan fingerprint density at radius 1 is 1.23 bits per heavy atom. The third-order valence-corrected chi connectivity index (χ3v) is 5.52. The maximum absolute atomic E-state index is 11.1. The number of hydrogen-bond acceptors (Lipinski definition) is 8. The van der Waals surface area contributed by atoms with Crippen molar-refractivity contribution in [3.05, 3.63) is 46.3 Å². The smallest absolute Gasteiger partial charge is 0.250 e. The largest absolute Gasteiger partial charge is 0.448 e. The first-order valence-electron chi connectivity index (χ1n) is 10.5. The summed E-state index contributed by atoms with van der Waals surface area (Å²) >= 11 is 1.25. The summed E-state index contributed by atoms with van der Waals surface area (Å²) in [6, 6.07) is 1.45. The molecule has 2 fully saturated rings. The van der Waals surface area contributed by atoms with Crippen LogP contribution in [0.25, 0.3) is 0 Å². The summed E-state index contributed by atoms with van der Waals surface area (Å²) in [4.78, 5) is 22.3. The van der Waals surface area contributed by atoms with E-state index >= 15 is 0 Å². The molecule has 0 saturated heterocycles. The van der Waals surface area contributed by atoms with Gasteiger partial charge in [0.1, 0.15) is 17.8 Å². The molecule has 0 spiro atoms. The predicted octanol–water partition coefficient (Wildman–Crippen LogP) is 3.49. The number of hydrogen-bond donors (Lipinski definition) is 3. The van der Waals surface area contributed by atoms with E-state index in [9.17, 15) is 4.79 Å². The van der Waals surface area contributed by atoms with Crippen molar-refractivity contribution in [3.8, 4) is 0 Å². The van der Waals surface area contributed by atoms with Crippen LogP contribution in [0.15, 0.2) is 27.7 Å². The number of aliphatic hydroxyl groups excluding tert-OH is 1. The van der Waals surface area contributed by atoms with Gasteiger partial charge >= 0.3 is 0 Å². The van der Waals surface area contributed by atoms with Crippen molar-refractivity contribution < 1.29 is 14.3 Å². The van der Waals surface area contributed by atoms with Crippen molar-refractivity contribution in [2.24, 2.45) is 5.14 Å². The van der Waals surface area contributed by atoms with Crippen LogP contribution in [0, 0.1) is 0 Å². The lowest BCUT2D eigenvalue weighted by Crippen LogP contribution is -2.22. The number of aromatic nitrogens is 3. The van der Waals surface area contributed by atoms with E-state index in [4.69, 9.17) is 19.4 Å². The number of rotatable bonds is 4. The number of aliphatic hydroxyl groups is 1. The summed E-state index contributed by atoms with van der Waals surface area (Å²) < 4.78 is 10.6. The molecule has 2 aromatic heterocycles. The van der Waals surface area contributed by atoms with Crippen molar-refractivity contribution in [2.75, 3.05) is 13.4 Å². The highest BCUT2D eigenvalue weighted by atomic mass is 32.2. The number of methoxy groups -OCH3 is 1. The van der Waals surface area contributed by atoms with Crippen LogP contribution in [0.4, 0.5) is 0 Å². The zero-order chi connectivity index (χ0) is 21.8. The molecule has 0 aromatic carbocycles. The molecule has 4 rings (SSSR count). The molecule has 2 heterocycles. The number of nitrogens with one attached hydrogen (secondary N) is 1. The lowest BCUT2D eigenvalue weighted by atomic mass is 9.87. The number of oxazole rings is 1. The minimum atomic E-state index is -0.0612. The minimum absolute atomic E-state index is 0.0176. The molecular formula is C21H34N4O4S. The van der Waals surface area contributed by atoms with Gasteiger partial charge in [-0.2, -0.15) is 0 Å². The monoisotopic (exact) mass is 438 g/mol. The second kappa shape index (κ2) is 13.6. The van der Waals surface area contributed by atoms with Crippen molar-refractivity contribution in [1.29, 1.82) is 0 Å². The third-order valence-electron chi connectivity index (χ3n) is 5.52. The van der Waals surface area contributed by atoms with Crippen LogP contribution in [0.3, 0.4) is 0 Å². The summed E-state index contributed by atoms with van der Waals surface area (Å²) in [5, 5.41) is 13.5. The van der Waals surface area contributed by atoms with E-state index in [-0.39, 0.29) is 12.2 Å². The molecule has 0 atom stereocenters. The SMILES string of the molecule is COC1CCC(c2nccc(=O)[nH]2)CC1.CSN.OCc1coc(C2CCCC2)n1. The molecule has 0 unspecified atom stereocenters. The Morgan fingerprint density at radius 3 is 2.43 bits per heavy atom. The average molecular weight is 439 g/mol. The lowest BCUT2D eigenvalue weighted by Gasteiger charge is -2.26. The quantitative estimate of drug-likeness (QED) is 0.619. The van der Waals surface area contributed by atoms with Crippen LogP contribution < -0.4 is 10.7 Å². The van der Waals surface area contributed by atoms with Crippen LogP contribution >= 0.6 is 11.9 Å². The summed E-state index contributed by atoms with van der Waals surface area (Å²) in [7, 11) is 1.76. The van der Waals surface area contributed by atoms with E-state index in [1.165, 1.54) is 43.7 Å². The predicted molar refractivity (Wildman–Crippen MR) is 118 cm³/mol. The molecule has 4 N–H and O–H groups in total. The zero-order valence-corrected chi connectivity index (χ0v) is 18.7. The topological polar surface area (TPSA) is 127 Å². The first-order valence-corrected chi connectivity index (χ1v) is 11.8. The van der Waals surface area contributed by atoms with Crippen molar-refractivity contribution in [3.63, 3.8) is 0 Å². The molecule has 0 bridgehead atoms. The van der Waals surface area contributed by atoms with Gasteiger partial charge in [-0.15, -0.1) is 0 Å². The van der Waals surface area contributed by atoms with Gasteiger partial charge in [-0.3, -0.25) is 9.93 Å². The second-order valence-corrected chi connectivity index (χ2v) is 8.05. The van der Waals surface area contributed by atoms with Crippen LogP contribution in [-0.2, 0) is 11.3 Å². The van der Waals surface area contributed by atoms with E-state index in [1.807, 2.05) is 6.26 Å². The Kier molecular flexibility index (Phi) is 11.1. The molecule has 0 aliphatic heterocycles. The Labute approximate surface area is 182 Å². The molecular weight excluding hydrogens is 404 g/mol. The van der Waals surface area contributed by atoms with Crippen molar-refractivity contribution >= 4 is 11.9 Å². The van der Waals surface area contributed by atoms with Crippen LogP contribution in [-0.4, -0.2) is 39.5 Å². The van der Waals surface area contributed by atoms with E-state index in [2.05, 4.69) is 15.0 Å². The van der Waals surface area contributed by atoms with Crippen LogP contribution in [0.1, 0.15) is 80.6 Å². The summed E-state index contributed by atoms with van der Waals surface area (Å²) in [6.45, 7) is -0.0176. The fourth-order valence-electron chi connectivity index (χ4n) is 3.92. The van der Waals surface area contributed by atoms with Gasteiger partial charge in [0.05, 0.1) is 12.7 Å². The molecule has 8 nitrogen and oxygen atoms in total. The van der Waals surface area contributed by atoms with Gasteiger partial charge in [-0.25, -0.2) is 9.97 Å². The average Bonchev–Trinajstić information content (AvgIpc) is 3.47. The molecule has 0 amide bonds. The molecule has 2 aliphatic rings. The van der Waals surface area contributed by atoms with Gasteiger partial charge in [0.15, 0.2) is 5.89 Å². The fourth-order valence-corrected chi connectivity index (χ4v) is 3.92. The van der Waals surface area contributed by atoms with Crippen LogP contribution in [0.5, 0.6) is 0 Å². The first kappa shape index (κ1) is 24.6. The van der Waals surface area contributed by atoms with E-state index in [1.54, 1.807) is 19.6 Å². The number of nitrogens with zero attached hydrogens (tertiary/aromatic N) is 2. The highest BCUT2D eigenvalue weighted by molar-refractivity contribution is 7.96. The molecule has 2 aromatic rings. The Hall–Kier alpha value is -1.68. The lowest BCUT2D eigenvalue weighted by molar-refractivity contribution is 0.0651. The Morgan fingerprint density at radius 2 is 1.90 bits per heavy atom. The first-order chi connectivity index (χ1) is 14.6. The van der Waals surface area contributed by atoms with Gasteiger partial charge in [0.2, 0.25) is 0 Å². The van der Waals surface area contributed by atoms with E-state index in [0.717, 1.165) is 37.4 Å². The van der Waals surface area contributed by atoms with E-state index in [0.29, 0.717) is 23.6 Å². The van der Waals surface area contributed by atoms with Gasteiger partial charge in [0, 0.05) is 31.2 Å². The Bertz CT molecular complexity index is 768. The standard InChI is InChI=1S/C11H16N2O2.C9H13NO2.CH5NS/c1-15-9-4-2-8(3-5-9)11-12-7-6-10(14)13-11;11-5-8-6-12-9(10-8)7-3-1-2-4-7;1-3-2/h6-9H,2-5H2,1H3,(H,12,13,14);6-7,11H,1-5H2;2H2,1H3. The van der Waals surface area contributed by atoms with Crippen molar-refractivity contribution in [1.82, 2.24) is 15.0 Å². The molecule has 0 radical (unpaired) electrons. The Balaban J connectivity index is 0.000000193. The number of H-pyrrole nitrogens is 1. The van der Waals surface area contributed by atoms with Gasteiger partial charge < -0.3 is 19.2 Å². The summed E-state index contributed by atoms with van der Waals surface area (Å²) in [5.41, 5.74) is 0.589. The molecule has 30 heavy (non-hydrogen) atoms. The number of aromatic amines is 1. The van der Waals surface area contributed by atoms with Crippen LogP contribution in [0.2, 0.25) is 0 Å². The molecule has 168 valence electrons. The summed E-state index contributed by atoms with van der Waals surface area (Å²) in [5.74, 6) is 2.55. The molecule has 2 saturated carbocycles. The fraction of sp³-hybridized carbons (Fsp3) is 0.667. The zero-order valence-electron chi connectivity index (χ0n) is 17.9. The second-order valence-electron chi connectivity index (χ2n) is 7.58. The number of nitrogens with two attached hydrogens (primary N) is 1. The summed E-state index contributed by atoms with van der Waals surface area (Å²) in [6.07, 6.45) is 14.5. The maximum Gasteiger partial charge on any atom is 0.250 e. The molecule has 2 aliphatic carbocycles. The highest BCUT2D eigenvalue weighted by Crippen LogP contribution is 2.33. The number of ether oxygens (including phenoxy) is 1.